The van der Waals surface area contributed by atoms with Gasteiger partial charge in [0.05, 0.1) is 18.0 Å². The minimum Gasteiger partial charge on any atom is -0.492 e. The van der Waals surface area contributed by atoms with Crippen LogP contribution in [-0.4, -0.2) is 28.6 Å². The number of nitrogens with zero attached hydrogens (tertiary/aromatic N) is 2. The van der Waals surface area contributed by atoms with Crippen molar-refractivity contribution >= 4 is 28.5 Å². The number of aromatic nitrogens is 2. The van der Waals surface area contributed by atoms with Gasteiger partial charge in [0.2, 0.25) is 5.91 Å². The summed E-state index contributed by atoms with van der Waals surface area (Å²) in [5.41, 5.74) is 1.74. The van der Waals surface area contributed by atoms with E-state index in [0.717, 1.165) is 22.6 Å². The molecule has 6 heteroatoms. The van der Waals surface area contributed by atoms with Crippen LogP contribution in [0.1, 0.15) is 26.1 Å². The van der Waals surface area contributed by atoms with Crippen LogP contribution in [0.15, 0.2) is 18.2 Å². The van der Waals surface area contributed by atoms with Gasteiger partial charge in [0.1, 0.15) is 17.1 Å². The zero-order valence-electron chi connectivity index (χ0n) is 12.4. The molecular formula is C15H20ClN3O2. The van der Waals surface area contributed by atoms with Gasteiger partial charge in [0.25, 0.3) is 0 Å². The van der Waals surface area contributed by atoms with Gasteiger partial charge >= 0.3 is 0 Å². The molecule has 0 unspecified atom stereocenters. The molecule has 1 heterocycles. The normalized spacial score (nSPS) is 10.8. The van der Waals surface area contributed by atoms with Crippen molar-refractivity contribution in [3.63, 3.8) is 0 Å². The first-order chi connectivity index (χ1) is 10.2. The van der Waals surface area contributed by atoms with Gasteiger partial charge in [-0.25, -0.2) is 4.98 Å². The van der Waals surface area contributed by atoms with Crippen LogP contribution in [0.25, 0.3) is 11.0 Å². The molecule has 0 radical (unpaired) electrons. The number of hydrogen-bond acceptors (Lipinski definition) is 3. The number of amides is 1. The average molecular weight is 310 g/mol. The van der Waals surface area contributed by atoms with Crippen LogP contribution in [0, 0.1) is 0 Å². The monoisotopic (exact) mass is 309 g/mol. The number of halogens is 1. The highest BCUT2D eigenvalue weighted by atomic mass is 35.5. The van der Waals surface area contributed by atoms with E-state index in [0.29, 0.717) is 32.0 Å². The Labute approximate surface area is 129 Å². The van der Waals surface area contributed by atoms with Gasteiger partial charge in [-0.05, 0) is 26.0 Å². The van der Waals surface area contributed by atoms with Gasteiger partial charge in [-0.1, -0.05) is 6.07 Å². The Hall–Kier alpha value is -1.75. The highest BCUT2D eigenvalue weighted by molar-refractivity contribution is 6.16. The van der Waals surface area contributed by atoms with E-state index in [-0.39, 0.29) is 5.91 Å². The molecule has 2 rings (SSSR count). The number of rotatable bonds is 7. The molecule has 5 nitrogen and oxygen atoms in total. The van der Waals surface area contributed by atoms with Gasteiger partial charge in [0.15, 0.2) is 0 Å². The molecule has 114 valence electrons. The summed E-state index contributed by atoms with van der Waals surface area (Å²) in [4.78, 5) is 16.2. The topological polar surface area (TPSA) is 56.2 Å². The molecule has 0 bridgehead atoms. The molecule has 0 aliphatic rings. The second-order valence-corrected chi connectivity index (χ2v) is 4.84. The number of fused-ring (bicyclic) bond motifs is 1. The number of nitrogens with one attached hydrogen (secondary N) is 1. The molecule has 21 heavy (non-hydrogen) atoms. The number of para-hydroxylation sites is 1. The fourth-order valence-corrected chi connectivity index (χ4v) is 2.50. The van der Waals surface area contributed by atoms with Gasteiger partial charge in [-0.3, -0.25) is 4.79 Å². The number of benzene rings is 1. The summed E-state index contributed by atoms with van der Waals surface area (Å²) >= 11 is 5.98. The molecular weight excluding hydrogens is 290 g/mol. The van der Waals surface area contributed by atoms with Gasteiger partial charge < -0.3 is 14.6 Å². The third-order valence-corrected chi connectivity index (χ3v) is 3.42. The lowest BCUT2D eigenvalue weighted by Crippen LogP contribution is -2.24. The van der Waals surface area contributed by atoms with Gasteiger partial charge in [0, 0.05) is 19.5 Å². The Morgan fingerprint density at radius 3 is 2.90 bits per heavy atom. The molecule has 0 saturated carbocycles. The van der Waals surface area contributed by atoms with Crippen molar-refractivity contribution in [1.29, 1.82) is 0 Å². The molecule has 1 N–H and O–H groups in total. The summed E-state index contributed by atoms with van der Waals surface area (Å²) in [5.74, 6) is 1.83. The smallest absolute Gasteiger partial charge is 0.221 e. The number of carbonyl (C=O) groups excluding carboxylic acids is 1. The largest absolute Gasteiger partial charge is 0.492 e. The van der Waals surface area contributed by atoms with Crippen LogP contribution >= 0.6 is 11.6 Å². The van der Waals surface area contributed by atoms with E-state index in [1.807, 2.05) is 36.6 Å². The highest BCUT2D eigenvalue weighted by Gasteiger charge is 2.14. The second kappa shape index (κ2) is 7.31. The number of ether oxygens (including phenoxy) is 1. The van der Waals surface area contributed by atoms with Crippen molar-refractivity contribution in [2.24, 2.45) is 0 Å². The van der Waals surface area contributed by atoms with Crippen LogP contribution in [0.3, 0.4) is 0 Å². The van der Waals surface area contributed by atoms with Crippen molar-refractivity contribution in [1.82, 2.24) is 14.9 Å². The summed E-state index contributed by atoms with van der Waals surface area (Å²) in [6.45, 7) is 5.62. The Morgan fingerprint density at radius 2 is 2.24 bits per heavy atom. The van der Waals surface area contributed by atoms with E-state index >= 15 is 0 Å². The van der Waals surface area contributed by atoms with Crippen molar-refractivity contribution in [2.75, 3.05) is 13.2 Å². The number of carbonyl (C=O) groups is 1. The number of alkyl halides is 1. The van der Waals surface area contributed by atoms with Crippen molar-refractivity contribution in [3.05, 3.63) is 24.0 Å². The maximum Gasteiger partial charge on any atom is 0.221 e. The molecule has 1 aromatic carbocycles. The minimum absolute atomic E-state index is 0.0286. The van der Waals surface area contributed by atoms with E-state index in [9.17, 15) is 4.79 Å². The summed E-state index contributed by atoms with van der Waals surface area (Å²) in [6.07, 6.45) is 0.405. The lowest BCUT2D eigenvalue weighted by molar-refractivity contribution is -0.121. The van der Waals surface area contributed by atoms with Crippen molar-refractivity contribution in [2.45, 2.75) is 32.7 Å². The third-order valence-electron chi connectivity index (χ3n) is 3.18. The van der Waals surface area contributed by atoms with Gasteiger partial charge in [-0.15, -0.1) is 11.6 Å². The summed E-state index contributed by atoms with van der Waals surface area (Å²) in [7, 11) is 0. The van der Waals surface area contributed by atoms with Crippen LogP contribution in [-0.2, 0) is 17.2 Å². The van der Waals surface area contributed by atoms with E-state index in [1.165, 1.54) is 0 Å². The Kier molecular flexibility index (Phi) is 5.44. The first-order valence-corrected chi connectivity index (χ1v) is 7.68. The predicted octanol–water partition coefficient (Wildman–Crippen LogP) is 2.70. The quantitative estimate of drug-likeness (QED) is 0.800. The molecule has 0 atom stereocenters. The first-order valence-electron chi connectivity index (χ1n) is 7.14. The lowest BCUT2D eigenvalue weighted by Gasteiger charge is -2.08. The summed E-state index contributed by atoms with van der Waals surface area (Å²) in [5, 5.41) is 2.79. The number of hydrogen-bond donors (Lipinski definition) is 1. The maximum absolute atomic E-state index is 11.6. The van der Waals surface area contributed by atoms with E-state index in [1.54, 1.807) is 0 Å². The van der Waals surface area contributed by atoms with Crippen LogP contribution in [0.2, 0.25) is 0 Å². The predicted molar refractivity (Wildman–Crippen MR) is 83.8 cm³/mol. The molecule has 0 aliphatic carbocycles. The minimum atomic E-state index is 0.0286. The molecule has 1 aromatic heterocycles. The third kappa shape index (κ3) is 3.47. The Balaban J connectivity index is 2.33. The van der Waals surface area contributed by atoms with E-state index in [4.69, 9.17) is 16.3 Å². The average Bonchev–Trinajstić information content (AvgIpc) is 2.84. The maximum atomic E-state index is 11.6. The molecule has 0 fully saturated rings. The second-order valence-electron chi connectivity index (χ2n) is 4.57. The standard InChI is InChI=1S/C15H20ClN3O2/c1-3-17-14(20)8-9-19-11-6-5-7-12(21-4-2)15(11)18-13(19)10-16/h5-7H,3-4,8-10H2,1-2H3,(H,17,20). The Bertz CT molecular complexity index is 625. The summed E-state index contributed by atoms with van der Waals surface area (Å²) < 4.78 is 7.58. The van der Waals surface area contributed by atoms with Crippen LogP contribution in [0.4, 0.5) is 0 Å². The van der Waals surface area contributed by atoms with E-state index < -0.39 is 0 Å². The molecule has 0 aliphatic heterocycles. The highest BCUT2D eigenvalue weighted by Crippen LogP contribution is 2.27. The lowest BCUT2D eigenvalue weighted by atomic mass is 10.3. The van der Waals surface area contributed by atoms with Crippen molar-refractivity contribution in [3.8, 4) is 5.75 Å². The van der Waals surface area contributed by atoms with E-state index in [2.05, 4.69) is 10.3 Å². The molecule has 1 amide bonds. The molecule has 2 aromatic rings. The van der Waals surface area contributed by atoms with Crippen molar-refractivity contribution < 1.29 is 9.53 Å². The van der Waals surface area contributed by atoms with Gasteiger partial charge in [-0.2, -0.15) is 0 Å². The summed E-state index contributed by atoms with van der Waals surface area (Å²) in [6, 6.07) is 5.79. The fraction of sp³-hybridized carbons (Fsp3) is 0.467. The SMILES string of the molecule is CCNC(=O)CCn1c(CCl)nc2c(OCC)cccc21. The number of imidazole rings is 1. The molecule has 0 spiro atoms. The van der Waals surface area contributed by atoms with Crippen LogP contribution in [0.5, 0.6) is 5.75 Å². The zero-order chi connectivity index (χ0) is 15.2. The number of aryl methyl sites for hydroxylation is 1. The molecule has 0 saturated heterocycles. The first kappa shape index (κ1) is 15.6. The zero-order valence-corrected chi connectivity index (χ0v) is 13.1. The fourth-order valence-electron chi connectivity index (χ4n) is 2.29. The van der Waals surface area contributed by atoms with Crippen LogP contribution < -0.4 is 10.1 Å². The Morgan fingerprint density at radius 1 is 1.43 bits per heavy atom.